The van der Waals surface area contributed by atoms with Gasteiger partial charge >= 0.3 is 0 Å². The summed E-state index contributed by atoms with van der Waals surface area (Å²) in [6.45, 7) is 6.06. The van der Waals surface area contributed by atoms with Crippen LogP contribution in [0.4, 0.5) is 0 Å². The molecule has 0 saturated carbocycles. The molecule has 1 aromatic rings. The molecule has 1 saturated heterocycles. The summed E-state index contributed by atoms with van der Waals surface area (Å²) >= 11 is 1.73. The summed E-state index contributed by atoms with van der Waals surface area (Å²) in [4.78, 5) is 7.98. The van der Waals surface area contributed by atoms with Crippen LogP contribution in [0.2, 0.25) is 0 Å². The molecule has 1 aliphatic heterocycles. The van der Waals surface area contributed by atoms with Gasteiger partial charge in [0.15, 0.2) is 0 Å². The number of nitrogens with one attached hydrogen (secondary N) is 1. The minimum Gasteiger partial charge on any atom is -0.312 e. The zero-order valence-electron chi connectivity index (χ0n) is 9.82. The van der Waals surface area contributed by atoms with E-state index >= 15 is 0 Å². The lowest BCUT2D eigenvalue weighted by Gasteiger charge is -2.13. The fraction of sp³-hybridized carbons (Fsp3) is 0.750. The minimum atomic E-state index is 0.981. The van der Waals surface area contributed by atoms with Crippen molar-refractivity contribution >= 4 is 11.3 Å². The van der Waals surface area contributed by atoms with E-state index in [1.54, 1.807) is 11.3 Å². The van der Waals surface area contributed by atoms with Crippen molar-refractivity contribution in [2.24, 2.45) is 0 Å². The van der Waals surface area contributed by atoms with E-state index in [0.29, 0.717) is 0 Å². The maximum absolute atomic E-state index is 4.06. The number of unbranched alkanes of at least 4 members (excludes halogenated alkanes) is 1. The molecule has 2 rings (SSSR count). The molecular formula is C12H21N3S. The maximum atomic E-state index is 4.06. The fourth-order valence-corrected chi connectivity index (χ4v) is 2.70. The lowest BCUT2D eigenvalue weighted by Crippen LogP contribution is -2.22. The van der Waals surface area contributed by atoms with Crippen LogP contribution in [0.5, 0.6) is 0 Å². The molecule has 1 aliphatic rings. The number of likely N-dealkylation sites (tertiary alicyclic amines) is 1. The molecule has 0 spiro atoms. The van der Waals surface area contributed by atoms with Crippen LogP contribution >= 0.6 is 11.3 Å². The summed E-state index contributed by atoms with van der Waals surface area (Å²) in [7, 11) is 0. The van der Waals surface area contributed by atoms with E-state index in [1.165, 1.54) is 50.2 Å². The van der Waals surface area contributed by atoms with E-state index in [2.05, 4.69) is 15.2 Å². The van der Waals surface area contributed by atoms with Crippen LogP contribution < -0.4 is 5.32 Å². The second-order valence-electron chi connectivity index (χ2n) is 4.40. The lowest BCUT2D eigenvalue weighted by molar-refractivity contribution is 0.329. The molecule has 16 heavy (non-hydrogen) atoms. The van der Waals surface area contributed by atoms with Crippen molar-refractivity contribution in [1.29, 1.82) is 0 Å². The van der Waals surface area contributed by atoms with E-state index in [9.17, 15) is 0 Å². The Balaban J connectivity index is 1.43. The van der Waals surface area contributed by atoms with E-state index < -0.39 is 0 Å². The summed E-state index contributed by atoms with van der Waals surface area (Å²) in [5.74, 6) is 0. The molecule has 1 N–H and O–H groups in total. The van der Waals surface area contributed by atoms with Crippen molar-refractivity contribution in [2.45, 2.75) is 32.2 Å². The Hall–Kier alpha value is -0.450. The summed E-state index contributed by atoms with van der Waals surface area (Å²) in [5, 5.41) is 3.47. The van der Waals surface area contributed by atoms with Crippen LogP contribution in [0.3, 0.4) is 0 Å². The van der Waals surface area contributed by atoms with Gasteiger partial charge in [0.2, 0.25) is 0 Å². The number of nitrogens with zero attached hydrogens (tertiary/aromatic N) is 2. The van der Waals surface area contributed by atoms with Gasteiger partial charge < -0.3 is 10.2 Å². The fourth-order valence-electron chi connectivity index (χ4n) is 2.13. The van der Waals surface area contributed by atoms with Gasteiger partial charge in [0, 0.05) is 17.6 Å². The van der Waals surface area contributed by atoms with Crippen LogP contribution in [-0.2, 0) is 6.54 Å². The van der Waals surface area contributed by atoms with Gasteiger partial charge in [0.1, 0.15) is 0 Å². The number of hydrogen-bond donors (Lipinski definition) is 1. The first-order valence-corrected chi connectivity index (χ1v) is 7.13. The van der Waals surface area contributed by atoms with Gasteiger partial charge in [-0.3, -0.25) is 4.98 Å². The first-order chi connectivity index (χ1) is 7.95. The van der Waals surface area contributed by atoms with Crippen LogP contribution in [0.1, 0.15) is 30.6 Å². The molecule has 0 amide bonds. The summed E-state index contributed by atoms with van der Waals surface area (Å²) in [5.41, 5.74) is 1.89. The second-order valence-corrected chi connectivity index (χ2v) is 5.37. The number of rotatable bonds is 7. The highest BCUT2D eigenvalue weighted by atomic mass is 32.1. The molecule has 0 bridgehead atoms. The zero-order chi connectivity index (χ0) is 11.1. The molecule has 0 radical (unpaired) electrons. The summed E-state index contributed by atoms with van der Waals surface area (Å²) < 4.78 is 0. The first kappa shape index (κ1) is 12.0. The van der Waals surface area contributed by atoms with E-state index in [1.807, 2.05) is 11.7 Å². The predicted molar refractivity (Wildman–Crippen MR) is 68.7 cm³/mol. The van der Waals surface area contributed by atoms with E-state index in [0.717, 1.165) is 13.1 Å². The van der Waals surface area contributed by atoms with Crippen molar-refractivity contribution < 1.29 is 0 Å². The van der Waals surface area contributed by atoms with E-state index in [-0.39, 0.29) is 0 Å². The zero-order valence-corrected chi connectivity index (χ0v) is 10.6. The van der Waals surface area contributed by atoms with Crippen LogP contribution in [-0.4, -0.2) is 36.1 Å². The Labute approximate surface area is 102 Å². The van der Waals surface area contributed by atoms with Gasteiger partial charge in [-0.15, -0.1) is 11.3 Å². The predicted octanol–water partition coefficient (Wildman–Crippen LogP) is 2.11. The number of thiazole rings is 1. The Morgan fingerprint density at radius 3 is 2.94 bits per heavy atom. The topological polar surface area (TPSA) is 28.2 Å². The molecule has 0 aromatic carbocycles. The van der Waals surface area contributed by atoms with Crippen molar-refractivity contribution in [3.8, 4) is 0 Å². The molecule has 4 heteroatoms. The van der Waals surface area contributed by atoms with Crippen molar-refractivity contribution in [3.05, 3.63) is 16.6 Å². The van der Waals surface area contributed by atoms with Gasteiger partial charge in [0.05, 0.1) is 5.51 Å². The molecule has 1 fully saturated rings. The quantitative estimate of drug-likeness (QED) is 0.739. The standard InChI is InChI=1S/C12H21N3S/c1(2-6-15-7-3-4-8-15)5-13-9-12-10-14-11-16-12/h10-11,13H,1-9H2. The van der Waals surface area contributed by atoms with Crippen LogP contribution in [0, 0.1) is 0 Å². The van der Waals surface area contributed by atoms with Crippen molar-refractivity contribution in [2.75, 3.05) is 26.2 Å². The molecule has 2 heterocycles. The number of hydrogen-bond acceptors (Lipinski definition) is 4. The molecule has 0 unspecified atom stereocenters. The summed E-state index contributed by atoms with van der Waals surface area (Å²) in [6, 6.07) is 0. The van der Waals surface area contributed by atoms with Crippen LogP contribution in [0.15, 0.2) is 11.7 Å². The van der Waals surface area contributed by atoms with Crippen LogP contribution in [0.25, 0.3) is 0 Å². The largest absolute Gasteiger partial charge is 0.312 e. The Bertz CT molecular complexity index is 268. The lowest BCUT2D eigenvalue weighted by atomic mass is 10.3. The second kappa shape index (κ2) is 6.99. The van der Waals surface area contributed by atoms with Gasteiger partial charge in [-0.1, -0.05) is 0 Å². The molecule has 90 valence electrons. The minimum absolute atomic E-state index is 0.981. The highest BCUT2D eigenvalue weighted by molar-refractivity contribution is 7.09. The Kier molecular flexibility index (Phi) is 5.25. The van der Waals surface area contributed by atoms with E-state index in [4.69, 9.17) is 0 Å². The molecule has 1 aromatic heterocycles. The van der Waals surface area contributed by atoms with Gasteiger partial charge in [-0.2, -0.15) is 0 Å². The third kappa shape index (κ3) is 4.20. The normalized spacial score (nSPS) is 17.0. The van der Waals surface area contributed by atoms with Crippen molar-refractivity contribution in [1.82, 2.24) is 15.2 Å². The Morgan fingerprint density at radius 2 is 2.19 bits per heavy atom. The maximum Gasteiger partial charge on any atom is 0.0794 e. The number of aromatic nitrogens is 1. The van der Waals surface area contributed by atoms with Gasteiger partial charge in [-0.25, -0.2) is 0 Å². The summed E-state index contributed by atoms with van der Waals surface area (Å²) in [6.07, 6.45) is 7.38. The molecular weight excluding hydrogens is 218 g/mol. The SMILES string of the molecule is c1ncc(CNCCCCN2CCCC2)s1. The third-order valence-corrected chi connectivity index (χ3v) is 3.84. The molecule has 0 atom stereocenters. The Morgan fingerprint density at radius 1 is 1.31 bits per heavy atom. The average Bonchev–Trinajstić information content (AvgIpc) is 2.96. The third-order valence-electron chi connectivity index (χ3n) is 3.06. The van der Waals surface area contributed by atoms with Gasteiger partial charge in [-0.05, 0) is 51.9 Å². The molecule has 0 aliphatic carbocycles. The van der Waals surface area contributed by atoms with Gasteiger partial charge in [0.25, 0.3) is 0 Å². The molecule has 3 nitrogen and oxygen atoms in total. The van der Waals surface area contributed by atoms with Crippen molar-refractivity contribution in [3.63, 3.8) is 0 Å². The monoisotopic (exact) mass is 239 g/mol. The smallest absolute Gasteiger partial charge is 0.0794 e. The highest BCUT2D eigenvalue weighted by Gasteiger charge is 2.09. The highest BCUT2D eigenvalue weighted by Crippen LogP contribution is 2.08. The first-order valence-electron chi connectivity index (χ1n) is 6.25. The average molecular weight is 239 g/mol.